The molecule has 30 heavy (non-hydrogen) atoms. The minimum absolute atomic E-state index is 0.0906. The molecule has 3 aromatic carbocycles. The van der Waals surface area contributed by atoms with Gasteiger partial charge >= 0.3 is 6.11 Å². The highest BCUT2D eigenvalue weighted by Gasteiger charge is 2.35. The highest BCUT2D eigenvalue weighted by Crippen LogP contribution is 2.35. The summed E-state index contributed by atoms with van der Waals surface area (Å²) in [5, 5.41) is 0. The van der Waals surface area contributed by atoms with E-state index in [0.29, 0.717) is 0 Å². The number of hydrogen-bond donors (Lipinski definition) is 0. The number of ether oxygens (including phenoxy) is 2. The van der Waals surface area contributed by atoms with Gasteiger partial charge in [0.15, 0.2) is 29.0 Å². The smallest absolute Gasteiger partial charge is 0.426 e. The van der Waals surface area contributed by atoms with Gasteiger partial charge in [-0.25, -0.2) is 17.6 Å². The predicted octanol–water partition coefficient (Wildman–Crippen LogP) is 6.58. The first-order valence-corrected chi connectivity index (χ1v) is 8.57. The van der Waals surface area contributed by atoms with Gasteiger partial charge in [0.1, 0.15) is 5.75 Å². The Labute approximate surface area is 166 Å². The summed E-state index contributed by atoms with van der Waals surface area (Å²) in [5.41, 5.74) is -0.828. The molecule has 3 aromatic rings. The lowest BCUT2D eigenvalue weighted by molar-refractivity contribution is -0.185. The van der Waals surface area contributed by atoms with E-state index in [1.165, 1.54) is 12.1 Å². The quantitative estimate of drug-likeness (QED) is 0.325. The third kappa shape index (κ3) is 4.19. The van der Waals surface area contributed by atoms with Crippen molar-refractivity contribution < 1.29 is 40.2 Å². The van der Waals surface area contributed by atoms with E-state index < -0.39 is 46.5 Å². The zero-order valence-corrected chi connectivity index (χ0v) is 15.3. The van der Waals surface area contributed by atoms with Crippen LogP contribution < -0.4 is 9.47 Å². The molecule has 9 heteroatoms. The molecule has 0 N–H and O–H groups in total. The summed E-state index contributed by atoms with van der Waals surface area (Å²) in [6.07, 6.45) is -4.04. The van der Waals surface area contributed by atoms with Crippen molar-refractivity contribution in [1.29, 1.82) is 0 Å². The molecule has 0 aliphatic carbocycles. The first kappa shape index (κ1) is 21.5. The molecule has 0 fully saturated rings. The third-order valence-corrected chi connectivity index (χ3v) is 4.08. The Bertz CT molecular complexity index is 1040. The Kier molecular flexibility index (Phi) is 5.91. The topological polar surface area (TPSA) is 18.5 Å². The normalized spacial score (nSPS) is 11.5. The van der Waals surface area contributed by atoms with Crippen molar-refractivity contribution in [3.8, 4) is 22.6 Å². The molecule has 0 aromatic heterocycles. The van der Waals surface area contributed by atoms with Crippen LogP contribution in [0.15, 0.2) is 48.5 Å². The van der Waals surface area contributed by atoms with E-state index >= 15 is 0 Å². The monoisotopic (exact) mass is 430 g/mol. The molecule has 0 bridgehead atoms. The largest absolute Gasteiger partial charge is 0.491 e. The molecule has 2 nitrogen and oxygen atoms in total. The molecular formula is C21H13F7O2. The van der Waals surface area contributed by atoms with Crippen LogP contribution in [0.1, 0.15) is 12.5 Å². The number of halogens is 7. The first-order valence-electron chi connectivity index (χ1n) is 8.57. The molecule has 158 valence electrons. The van der Waals surface area contributed by atoms with Gasteiger partial charge in [0.05, 0.1) is 12.2 Å². The third-order valence-electron chi connectivity index (χ3n) is 4.08. The van der Waals surface area contributed by atoms with Crippen LogP contribution in [0, 0.1) is 29.1 Å². The molecule has 0 aliphatic rings. The Hall–Kier alpha value is -3.23. The summed E-state index contributed by atoms with van der Waals surface area (Å²) in [4.78, 5) is 0. The van der Waals surface area contributed by atoms with Crippen molar-refractivity contribution in [3.63, 3.8) is 0 Å². The zero-order chi connectivity index (χ0) is 22.1. The fourth-order valence-corrected chi connectivity index (χ4v) is 2.66. The molecule has 0 saturated carbocycles. The molecule has 0 aliphatic heterocycles. The average molecular weight is 430 g/mol. The van der Waals surface area contributed by atoms with Crippen LogP contribution in [0.5, 0.6) is 11.5 Å². The lowest BCUT2D eigenvalue weighted by Crippen LogP contribution is -2.22. The number of hydrogen-bond acceptors (Lipinski definition) is 2. The minimum atomic E-state index is -4.04. The van der Waals surface area contributed by atoms with Gasteiger partial charge in [0, 0.05) is 17.7 Å². The van der Waals surface area contributed by atoms with Gasteiger partial charge in [-0.05, 0) is 36.8 Å². The van der Waals surface area contributed by atoms with E-state index in [1.54, 1.807) is 6.92 Å². The molecule has 0 atom stereocenters. The summed E-state index contributed by atoms with van der Waals surface area (Å²) in [7, 11) is 0. The second-order valence-corrected chi connectivity index (χ2v) is 6.07. The highest BCUT2D eigenvalue weighted by molar-refractivity contribution is 5.65. The molecular weight excluding hydrogens is 417 g/mol. The number of alkyl halides is 2. The number of rotatable bonds is 6. The predicted molar refractivity (Wildman–Crippen MR) is 93.8 cm³/mol. The number of benzene rings is 3. The zero-order valence-electron chi connectivity index (χ0n) is 15.3. The maximum atomic E-state index is 14.3. The average Bonchev–Trinajstić information content (AvgIpc) is 2.70. The van der Waals surface area contributed by atoms with Crippen LogP contribution in [-0.2, 0) is 6.11 Å². The van der Waals surface area contributed by atoms with E-state index in [-0.39, 0.29) is 35.6 Å². The summed E-state index contributed by atoms with van der Waals surface area (Å²) < 4.78 is 105. The fraction of sp³-hybridized carbons (Fsp3) is 0.143. The molecule has 0 saturated heterocycles. The summed E-state index contributed by atoms with van der Waals surface area (Å²) in [6, 6.07) is 6.93. The van der Waals surface area contributed by atoms with Crippen molar-refractivity contribution in [2.24, 2.45) is 0 Å². The van der Waals surface area contributed by atoms with E-state index in [9.17, 15) is 30.7 Å². The Morgan fingerprint density at radius 1 is 0.767 bits per heavy atom. The van der Waals surface area contributed by atoms with E-state index in [2.05, 4.69) is 4.74 Å². The van der Waals surface area contributed by atoms with Crippen molar-refractivity contribution in [1.82, 2.24) is 0 Å². The van der Waals surface area contributed by atoms with Crippen LogP contribution >= 0.6 is 0 Å². The van der Waals surface area contributed by atoms with E-state index in [4.69, 9.17) is 4.74 Å². The van der Waals surface area contributed by atoms with Crippen molar-refractivity contribution in [2.75, 3.05) is 6.61 Å². The standard InChI is InChI=1S/C21H13F7O2/c1-2-29-17-8-7-14(18(24)20(17)26)11-3-5-12(6-4-11)21(27,28)30-13-9-15(22)19(25)16(23)10-13/h3-10H,2H2,1H3. The lowest BCUT2D eigenvalue weighted by atomic mass is 10.0. The molecule has 0 unspecified atom stereocenters. The summed E-state index contributed by atoms with van der Waals surface area (Å²) >= 11 is 0. The van der Waals surface area contributed by atoms with Gasteiger partial charge in [-0.15, -0.1) is 0 Å². The lowest BCUT2D eigenvalue weighted by Gasteiger charge is -2.19. The Balaban J connectivity index is 1.87. The van der Waals surface area contributed by atoms with Gasteiger partial charge < -0.3 is 9.47 Å². The fourth-order valence-electron chi connectivity index (χ4n) is 2.66. The van der Waals surface area contributed by atoms with Crippen molar-refractivity contribution >= 4 is 0 Å². The maximum absolute atomic E-state index is 14.3. The van der Waals surface area contributed by atoms with Gasteiger partial charge in [0.2, 0.25) is 5.82 Å². The maximum Gasteiger partial charge on any atom is 0.426 e. The van der Waals surface area contributed by atoms with E-state index in [1.807, 2.05) is 0 Å². The summed E-state index contributed by atoms with van der Waals surface area (Å²) in [5.74, 6) is -8.84. The molecule has 0 heterocycles. The van der Waals surface area contributed by atoms with Crippen LogP contribution in [0.25, 0.3) is 11.1 Å². The molecule has 0 spiro atoms. The second kappa shape index (κ2) is 8.25. The first-order chi connectivity index (χ1) is 14.1. The van der Waals surface area contributed by atoms with Gasteiger partial charge in [0.25, 0.3) is 0 Å². The highest BCUT2D eigenvalue weighted by atomic mass is 19.3. The van der Waals surface area contributed by atoms with Crippen molar-refractivity contribution in [2.45, 2.75) is 13.0 Å². The van der Waals surface area contributed by atoms with Crippen LogP contribution in [0.4, 0.5) is 30.7 Å². The van der Waals surface area contributed by atoms with Crippen LogP contribution in [0.2, 0.25) is 0 Å². The van der Waals surface area contributed by atoms with Gasteiger partial charge in [-0.1, -0.05) is 12.1 Å². The minimum Gasteiger partial charge on any atom is -0.491 e. The van der Waals surface area contributed by atoms with Gasteiger partial charge in [-0.3, -0.25) is 0 Å². The van der Waals surface area contributed by atoms with E-state index in [0.717, 1.165) is 24.3 Å². The van der Waals surface area contributed by atoms with Crippen LogP contribution in [-0.4, -0.2) is 6.61 Å². The van der Waals surface area contributed by atoms with Crippen molar-refractivity contribution in [3.05, 3.63) is 83.2 Å². The Morgan fingerprint density at radius 2 is 1.37 bits per heavy atom. The van der Waals surface area contributed by atoms with Crippen LogP contribution in [0.3, 0.4) is 0 Å². The molecule has 3 rings (SSSR count). The SMILES string of the molecule is CCOc1ccc(-c2ccc(C(F)(F)Oc3cc(F)c(F)c(F)c3)cc2)c(F)c1F. The summed E-state index contributed by atoms with van der Waals surface area (Å²) in [6.45, 7) is 1.72. The van der Waals surface area contributed by atoms with Gasteiger partial charge in [-0.2, -0.15) is 13.2 Å². The molecule has 0 amide bonds. The molecule has 0 radical (unpaired) electrons. The second-order valence-electron chi connectivity index (χ2n) is 6.07. The Morgan fingerprint density at radius 3 is 1.93 bits per heavy atom.